The Labute approximate surface area is 86.8 Å². The number of nitrogens with zero attached hydrogens (tertiary/aromatic N) is 1. The van der Waals surface area contributed by atoms with Crippen LogP contribution < -0.4 is 5.32 Å². The lowest BCUT2D eigenvalue weighted by Gasteiger charge is -2.15. The maximum atomic E-state index is 5.09. The van der Waals surface area contributed by atoms with Crippen LogP contribution >= 0.6 is 0 Å². The van der Waals surface area contributed by atoms with Gasteiger partial charge in [0, 0.05) is 26.2 Å². The van der Waals surface area contributed by atoms with Crippen LogP contribution in [0, 0.1) is 5.92 Å². The molecule has 1 atom stereocenters. The Balaban J connectivity index is 1.56. The van der Waals surface area contributed by atoms with Crippen molar-refractivity contribution in [1.82, 2.24) is 10.2 Å². The third kappa shape index (κ3) is 3.23. The summed E-state index contributed by atoms with van der Waals surface area (Å²) in [6.45, 7) is 5.75. The summed E-state index contributed by atoms with van der Waals surface area (Å²) in [5.74, 6) is 0.882. The minimum Gasteiger partial charge on any atom is -0.383 e. The van der Waals surface area contributed by atoms with Crippen molar-refractivity contribution in [2.45, 2.75) is 25.3 Å². The van der Waals surface area contributed by atoms with Crippen LogP contribution in [0.2, 0.25) is 0 Å². The molecular formula is C11H22N2O. The van der Waals surface area contributed by atoms with E-state index < -0.39 is 0 Å². The van der Waals surface area contributed by atoms with Gasteiger partial charge in [-0.15, -0.1) is 0 Å². The van der Waals surface area contributed by atoms with E-state index in [9.17, 15) is 0 Å². The van der Waals surface area contributed by atoms with E-state index in [0.717, 1.165) is 25.1 Å². The first-order chi connectivity index (χ1) is 6.88. The molecule has 82 valence electrons. The van der Waals surface area contributed by atoms with E-state index in [1.165, 1.54) is 38.9 Å². The average Bonchev–Trinajstić information content (AvgIpc) is 2.92. The Morgan fingerprint density at radius 3 is 2.93 bits per heavy atom. The number of methoxy groups -OCH3 is 1. The van der Waals surface area contributed by atoms with Crippen molar-refractivity contribution in [3.63, 3.8) is 0 Å². The number of nitrogens with one attached hydrogen (secondary N) is 1. The molecule has 1 unspecified atom stereocenters. The Morgan fingerprint density at radius 2 is 2.21 bits per heavy atom. The van der Waals surface area contributed by atoms with Crippen molar-refractivity contribution in [2.75, 3.05) is 39.9 Å². The molecule has 1 heterocycles. The highest BCUT2D eigenvalue weighted by Crippen LogP contribution is 2.21. The lowest BCUT2D eigenvalue weighted by atomic mass is 10.1. The maximum absolute atomic E-state index is 5.09. The summed E-state index contributed by atoms with van der Waals surface area (Å²) >= 11 is 0. The molecule has 2 fully saturated rings. The molecule has 3 nitrogen and oxygen atoms in total. The summed E-state index contributed by atoms with van der Waals surface area (Å²) in [5, 5.41) is 3.62. The van der Waals surface area contributed by atoms with Crippen molar-refractivity contribution in [3.8, 4) is 0 Å². The van der Waals surface area contributed by atoms with Gasteiger partial charge < -0.3 is 15.0 Å². The molecule has 2 aliphatic rings. The fourth-order valence-electron chi connectivity index (χ4n) is 2.12. The van der Waals surface area contributed by atoms with Crippen molar-refractivity contribution < 1.29 is 4.74 Å². The molecule has 1 aliphatic heterocycles. The van der Waals surface area contributed by atoms with Gasteiger partial charge in [0.05, 0.1) is 6.61 Å². The Hall–Kier alpha value is -0.120. The summed E-state index contributed by atoms with van der Waals surface area (Å²) in [6, 6.07) is 0.864. The van der Waals surface area contributed by atoms with Gasteiger partial charge in [0.2, 0.25) is 0 Å². The predicted octanol–water partition coefficient (Wildman–Crippen LogP) is 0.707. The fourth-order valence-corrected chi connectivity index (χ4v) is 2.12. The molecule has 14 heavy (non-hydrogen) atoms. The largest absolute Gasteiger partial charge is 0.383 e. The number of rotatable bonds is 6. The van der Waals surface area contributed by atoms with Crippen molar-refractivity contribution >= 4 is 0 Å². The Morgan fingerprint density at radius 1 is 1.36 bits per heavy atom. The summed E-state index contributed by atoms with van der Waals surface area (Å²) < 4.78 is 5.09. The summed E-state index contributed by atoms with van der Waals surface area (Å²) in [7, 11) is 1.78. The van der Waals surface area contributed by atoms with Crippen LogP contribution in [0.1, 0.15) is 19.3 Å². The third-order valence-electron chi connectivity index (χ3n) is 3.25. The lowest BCUT2D eigenvalue weighted by molar-refractivity contribution is 0.159. The molecule has 1 aliphatic carbocycles. The molecule has 0 amide bonds. The Kier molecular flexibility index (Phi) is 3.79. The first kappa shape index (κ1) is 10.4. The van der Waals surface area contributed by atoms with Gasteiger partial charge in [-0.2, -0.15) is 0 Å². The number of hydrogen-bond acceptors (Lipinski definition) is 3. The molecule has 1 N–H and O–H groups in total. The zero-order valence-corrected chi connectivity index (χ0v) is 9.17. The van der Waals surface area contributed by atoms with Gasteiger partial charge in [-0.25, -0.2) is 0 Å². The quantitative estimate of drug-likeness (QED) is 0.680. The standard InChI is InChI=1S/C11H22N2O/c1-14-7-6-13-5-4-10(9-13)8-12-11-2-3-11/h10-12H,2-9H2,1H3. The van der Waals surface area contributed by atoms with Gasteiger partial charge in [0.15, 0.2) is 0 Å². The normalized spacial score (nSPS) is 28.5. The zero-order chi connectivity index (χ0) is 9.80. The smallest absolute Gasteiger partial charge is 0.0589 e. The number of hydrogen-bond donors (Lipinski definition) is 1. The van der Waals surface area contributed by atoms with E-state index in [1.54, 1.807) is 7.11 Å². The zero-order valence-electron chi connectivity index (χ0n) is 9.17. The van der Waals surface area contributed by atoms with Crippen LogP contribution in [-0.2, 0) is 4.74 Å². The molecular weight excluding hydrogens is 176 g/mol. The molecule has 3 heteroatoms. The number of likely N-dealkylation sites (tertiary alicyclic amines) is 1. The predicted molar refractivity (Wildman–Crippen MR) is 57.4 cm³/mol. The fraction of sp³-hybridized carbons (Fsp3) is 1.00. The summed E-state index contributed by atoms with van der Waals surface area (Å²) in [6.07, 6.45) is 4.17. The van der Waals surface area contributed by atoms with Gasteiger partial charge in [0.1, 0.15) is 0 Å². The second-order valence-electron chi connectivity index (χ2n) is 4.63. The Bertz CT molecular complexity index is 171. The highest BCUT2D eigenvalue weighted by atomic mass is 16.5. The van der Waals surface area contributed by atoms with Crippen LogP contribution in [-0.4, -0.2) is 50.8 Å². The molecule has 1 saturated heterocycles. The number of ether oxygens (including phenoxy) is 1. The molecule has 0 aromatic carbocycles. The minimum atomic E-state index is 0.864. The lowest BCUT2D eigenvalue weighted by Crippen LogP contribution is -2.29. The second kappa shape index (κ2) is 5.10. The first-order valence-corrected chi connectivity index (χ1v) is 5.83. The molecule has 0 aromatic heterocycles. The van der Waals surface area contributed by atoms with Crippen LogP contribution in [0.4, 0.5) is 0 Å². The highest BCUT2D eigenvalue weighted by molar-refractivity contribution is 4.84. The summed E-state index contributed by atoms with van der Waals surface area (Å²) in [5.41, 5.74) is 0. The molecule has 0 bridgehead atoms. The van der Waals surface area contributed by atoms with Crippen molar-refractivity contribution in [3.05, 3.63) is 0 Å². The first-order valence-electron chi connectivity index (χ1n) is 5.83. The monoisotopic (exact) mass is 198 g/mol. The van der Waals surface area contributed by atoms with E-state index in [0.29, 0.717) is 0 Å². The van der Waals surface area contributed by atoms with Crippen LogP contribution in [0.15, 0.2) is 0 Å². The van der Waals surface area contributed by atoms with Gasteiger partial charge in [0.25, 0.3) is 0 Å². The van der Waals surface area contributed by atoms with E-state index in [-0.39, 0.29) is 0 Å². The van der Waals surface area contributed by atoms with Gasteiger partial charge >= 0.3 is 0 Å². The van der Waals surface area contributed by atoms with Crippen molar-refractivity contribution in [1.29, 1.82) is 0 Å². The average molecular weight is 198 g/mol. The second-order valence-corrected chi connectivity index (χ2v) is 4.63. The molecule has 0 radical (unpaired) electrons. The van der Waals surface area contributed by atoms with Gasteiger partial charge in [-0.1, -0.05) is 0 Å². The van der Waals surface area contributed by atoms with E-state index in [2.05, 4.69) is 10.2 Å². The molecule has 0 aromatic rings. The molecule has 2 rings (SSSR count). The third-order valence-corrected chi connectivity index (χ3v) is 3.25. The van der Waals surface area contributed by atoms with Crippen LogP contribution in [0.3, 0.4) is 0 Å². The highest BCUT2D eigenvalue weighted by Gasteiger charge is 2.25. The van der Waals surface area contributed by atoms with E-state index in [1.807, 2.05) is 0 Å². The van der Waals surface area contributed by atoms with Gasteiger partial charge in [-0.3, -0.25) is 0 Å². The summed E-state index contributed by atoms with van der Waals surface area (Å²) in [4.78, 5) is 2.52. The topological polar surface area (TPSA) is 24.5 Å². The molecule has 1 saturated carbocycles. The minimum absolute atomic E-state index is 0.864. The van der Waals surface area contributed by atoms with E-state index >= 15 is 0 Å². The van der Waals surface area contributed by atoms with Gasteiger partial charge in [-0.05, 0) is 38.3 Å². The van der Waals surface area contributed by atoms with Crippen molar-refractivity contribution in [2.24, 2.45) is 5.92 Å². The molecule has 0 spiro atoms. The van der Waals surface area contributed by atoms with Crippen LogP contribution in [0.25, 0.3) is 0 Å². The maximum Gasteiger partial charge on any atom is 0.0589 e. The SMILES string of the molecule is COCCN1CCC(CNC2CC2)C1. The van der Waals surface area contributed by atoms with E-state index in [4.69, 9.17) is 4.74 Å². The van der Waals surface area contributed by atoms with Crippen LogP contribution in [0.5, 0.6) is 0 Å².